The van der Waals surface area contributed by atoms with Crippen LogP contribution < -0.4 is 0 Å². The average Bonchev–Trinajstić information content (AvgIpc) is 3.72. The Bertz CT molecular complexity index is 3610. The van der Waals surface area contributed by atoms with E-state index in [-0.39, 0.29) is 27.7 Å². The molecule has 0 radical (unpaired) electrons. The van der Waals surface area contributed by atoms with Crippen molar-refractivity contribution in [2.45, 2.75) is 131 Å². The summed E-state index contributed by atoms with van der Waals surface area (Å²) in [4.78, 5) is 10.4. The number of aromatic nitrogens is 3. The Morgan fingerprint density at radius 3 is 1.76 bits per heavy atom. The lowest BCUT2D eigenvalue weighted by molar-refractivity contribution is 0.446. The number of aromatic hydroxyl groups is 1. The average molecular weight is 885 g/mol. The molecule has 0 amide bonds. The fraction of sp³-hybridized carbons (Fsp3) is 0.323. The molecule has 8 aromatic rings. The van der Waals surface area contributed by atoms with Crippen molar-refractivity contribution in [2.75, 3.05) is 0 Å². The molecule has 6 aromatic carbocycles. The molecular weight excluding hydrogens is 803 g/mol. The van der Waals surface area contributed by atoms with E-state index in [1.807, 2.05) is 48.5 Å². The van der Waals surface area contributed by atoms with Crippen LogP contribution in [-0.4, -0.2) is 19.6 Å². The highest BCUT2D eigenvalue weighted by molar-refractivity contribution is 5.98. The Kier molecular flexibility index (Phi) is 8.13. The molecule has 0 atom stereocenters. The van der Waals surface area contributed by atoms with E-state index in [2.05, 4.69) is 136 Å². The molecule has 0 unspecified atom stereocenters. The van der Waals surface area contributed by atoms with Gasteiger partial charge in [-0.25, -0.2) is 4.98 Å². The van der Waals surface area contributed by atoms with Crippen molar-refractivity contribution in [3.63, 3.8) is 0 Å². The van der Waals surface area contributed by atoms with Crippen LogP contribution in [0.2, 0.25) is 0 Å². The van der Waals surface area contributed by atoms with Crippen LogP contribution in [0.3, 0.4) is 0 Å². The van der Waals surface area contributed by atoms with Gasteiger partial charge in [0, 0.05) is 40.8 Å². The maximum Gasteiger partial charge on any atom is 0.149 e. The van der Waals surface area contributed by atoms with E-state index in [4.69, 9.17) is 25.0 Å². The van der Waals surface area contributed by atoms with Crippen LogP contribution in [-0.2, 0) is 27.1 Å². The topological polar surface area (TPSA) is 50.9 Å². The van der Waals surface area contributed by atoms with Crippen LogP contribution in [0.15, 0.2) is 140 Å². The van der Waals surface area contributed by atoms with Gasteiger partial charge < -0.3 is 5.11 Å². The van der Waals surface area contributed by atoms with Crippen molar-refractivity contribution < 1.29 is 22.9 Å². The summed E-state index contributed by atoms with van der Waals surface area (Å²) in [6.07, 6.45) is 1.44. The number of para-hydroxylation sites is 1. The Morgan fingerprint density at radius 1 is 0.485 bits per heavy atom. The first-order valence-corrected chi connectivity index (χ1v) is 22.6. The number of hydrogen-bond acceptors (Lipinski definition) is 3. The number of rotatable bonds is 6. The SMILES string of the molecule is [2H]c1c([2H])c(C(C([2H])([2H])[2H])(C([2H])([2H])[2H])C([2H])([2H])[2H])c([2H])c([2H])c1-c1ccnc(-c2cc(-c3cccc4c3nc(-c3cc(C(C)(C)C)cc(C(C)(C)C)c3O)n4-c3ccc(C(C)(C)C)cc3-c3ccccc3)cc(C(C)(C)C)c2)c1. The smallest absolute Gasteiger partial charge is 0.149 e. The fourth-order valence-electron chi connectivity index (χ4n) is 8.37. The predicted molar refractivity (Wildman–Crippen MR) is 281 cm³/mol. The monoisotopic (exact) mass is 885 g/mol. The minimum absolute atomic E-state index is 0.136. The van der Waals surface area contributed by atoms with E-state index in [1.54, 1.807) is 6.07 Å². The highest BCUT2D eigenvalue weighted by atomic mass is 16.3. The summed E-state index contributed by atoms with van der Waals surface area (Å²) in [5.74, 6) is 0.676. The highest BCUT2D eigenvalue weighted by Crippen LogP contribution is 2.46. The van der Waals surface area contributed by atoms with E-state index in [9.17, 15) is 7.85 Å². The maximum absolute atomic E-state index is 12.6. The number of hydrogen-bond donors (Lipinski definition) is 1. The third-order valence-corrected chi connectivity index (χ3v) is 12.4. The zero-order valence-electron chi connectivity index (χ0n) is 53.3. The number of benzene rings is 6. The standard InChI is InChI=1S/C62H69N3O/c1-58(2,3)44-26-24-39(25-27-44)41-30-31-63-52(35-41)43-32-42(33-46(34-43)60(7,8)9)48-22-19-23-54-55(48)64-57(50-37-47(61(10,11)12)38-51(56(50)66)62(13,14)15)65(54)53-29-28-45(59(4,5)6)36-49(53)40-20-17-16-18-21-40/h16-38,66H,1-15H3/i1D3,2D3,3D3,24D,25D,26D,27D. The molecule has 0 aliphatic carbocycles. The zero-order chi connectivity index (χ0) is 58.7. The summed E-state index contributed by atoms with van der Waals surface area (Å²) in [6, 6.07) is 32.3. The summed E-state index contributed by atoms with van der Waals surface area (Å²) in [5, 5.41) is 12.6. The van der Waals surface area contributed by atoms with Crippen molar-refractivity contribution in [1.82, 2.24) is 14.5 Å². The molecule has 0 fully saturated rings. The normalized spacial score (nSPS) is 16.3. The summed E-state index contributed by atoms with van der Waals surface area (Å²) >= 11 is 0. The van der Waals surface area contributed by atoms with Crippen molar-refractivity contribution >= 4 is 11.0 Å². The van der Waals surface area contributed by atoms with Crippen molar-refractivity contribution in [2.24, 2.45) is 0 Å². The summed E-state index contributed by atoms with van der Waals surface area (Å²) in [5.41, 5.74) is 4.79. The number of nitrogens with zero attached hydrogens (tertiary/aromatic N) is 3. The van der Waals surface area contributed by atoms with Crippen molar-refractivity contribution in [3.8, 4) is 67.5 Å². The summed E-state index contributed by atoms with van der Waals surface area (Å²) in [7, 11) is 0. The minimum Gasteiger partial charge on any atom is -0.507 e. The maximum atomic E-state index is 12.6. The van der Waals surface area contributed by atoms with Crippen LogP contribution in [0.25, 0.3) is 72.7 Å². The predicted octanol–water partition coefficient (Wildman–Crippen LogP) is 16.9. The van der Waals surface area contributed by atoms with Gasteiger partial charge in [-0.3, -0.25) is 9.55 Å². The lowest BCUT2D eigenvalue weighted by Crippen LogP contribution is -2.17. The van der Waals surface area contributed by atoms with E-state index >= 15 is 0 Å². The van der Waals surface area contributed by atoms with E-state index in [1.165, 1.54) is 12.3 Å². The van der Waals surface area contributed by atoms with Crippen molar-refractivity contribution in [1.29, 1.82) is 0 Å². The molecule has 2 aromatic heterocycles. The Morgan fingerprint density at radius 2 is 1.12 bits per heavy atom. The molecule has 0 aliphatic heterocycles. The second-order valence-electron chi connectivity index (χ2n) is 21.7. The Labute approximate surface area is 413 Å². The first-order valence-electron chi connectivity index (χ1n) is 29.1. The van der Waals surface area contributed by atoms with Gasteiger partial charge in [0.25, 0.3) is 0 Å². The number of pyridine rings is 1. The molecule has 0 spiro atoms. The lowest BCUT2D eigenvalue weighted by atomic mass is 9.79. The van der Waals surface area contributed by atoms with E-state index in [0.29, 0.717) is 28.2 Å². The van der Waals surface area contributed by atoms with Gasteiger partial charge in [0.2, 0.25) is 0 Å². The molecule has 66 heavy (non-hydrogen) atoms. The van der Waals surface area contributed by atoms with Gasteiger partial charge in [0.05, 0.1) is 33.5 Å². The zero-order valence-corrected chi connectivity index (χ0v) is 40.3. The molecule has 0 aliphatic rings. The second kappa shape index (κ2) is 16.6. The van der Waals surface area contributed by atoms with E-state index < -0.39 is 66.5 Å². The molecular formula is C62H69N3O. The van der Waals surface area contributed by atoms with Gasteiger partial charge in [-0.05, 0) is 120 Å². The number of phenols is 1. The van der Waals surface area contributed by atoms with Crippen LogP contribution in [0.4, 0.5) is 0 Å². The third kappa shape index (κ3) is 9.12. The van der Waals surface area contributed by atoms with Crippen LogP contribution in [0.1, 0.15) is 149 Å². The quantitative estimate of drug-likeness (QED) is 0.181. The van der Waals surface area contributed by atoms with Gasteiger partial charge in [-0.2, -0.15) is 0 Å². The number of fused-ring (bicyclic) bond motifs is 1. The number of phenolic OH excluding ortho intramolecular Hbond substituents is 1. The molecule has 8 rings (SSSR count). The van der Waals surface area contributed by atoms with Gasteiger partial charge in [-0.1, -0.05) is 188 Å². The van der Waals surface area contributed by atoms with Gasteiger partial charge in [0.1, 0.15) is 11.6 Å². The van der Waals surface area contributed by atoms with Crippen LogP contribution in [0, 0.1) is 0 Å². The molecule has 4 heteroatoms. The van der Waals surface area contributed by atoms with Crippen LogP contribution in [0.5, 0.6) is 5.75 Å². The highest BCUT2D eigenvalue weighted by Gasteiger charge is 2.30. The first kappa shape index (κ1) is 32.4. The van der Waals surface area contributed by atoms with Crippen LogP contribution >= 0.6 is 0 Å². The van der Waals surface area contributed by atoms with Gasteiger partial charge in [-0.15, -0.1) is 0 Å². The lowest BCUT2D eigenvalue weighted by Gasteiger charge is -2.28. The molecule has 4 nitrogen and oxygen atoms in total. The fourth-order valence-corrected chi connectivity index (χ4v) is 8.37. The van der Waals surface area contributed by atoms with Crippen molar-refractivity contribution in [3.05, 3.63) is 167 Å². The Balaban J connectivity index is 1.42. The molecule has 0 bridgehead atoms. The third-order valence-electron chi connectivity index (χ3n) is 12.4. The molecule has 2 heterocycles. The first-order chi connectivity index (χ1) is 36.2. The van der Waals surface area contributed by atoms with Gasteiger partial charge in [0.15, 0.2) is 0 Å². The molecule has 338 valence electrons. The molecule has 1 N–H and O–H groups in total. The molecule has 0 saturated heterocycles. The van der Waals surface area contributed by atoms with Gasteiger partial charge >= 0.3 is 0 Å². The number of imidazole rings is 1. The minimum atomic E-state index is -3.81. The second-order valence-corrected chi connectivity index (χ2v) is 21.7. The summed E-state index contributed by atoms with van der Waals surface area (Å²) in [6.45, 7) is 14.1. The largest absolute Gasteiger partial charge is 0.507 e. The summed E-state index contributed by atoms with van der Waals surface area (Å²) < 4.78 is 113. The molecule has 0 saturated carbocycles. The Hall–Kier alpha value is -6.26. The van der Waals surface area contributed by atoms with E-state index in [0.717, 1.165) is 55.7 Å².